The van der Waals surface area contributed by atoms with Crippen LogP contribution in [0.15, 0.2) is 48.5 Å². The van der Waals surface area contributed by atoms with E-state index in [1.807, 2.05) is 0 Å². The molecule has 2 aromatic carbocycles. The van der Waals surface area contributed by atoms with Crippen molar-refractivity contribution in [2.45, 2.75) is 19.3 Å². The molecule has 1 aliphatic heterocycles. The van der Waals surface area contributed by atoms with Gasteiger partial charge >= 0.3 is 0 Å². The van der Waals surface area contributed by atoms with E-state index in [2.05, 4.69) is 10.6 Å². The molecule has 1 aliphatic rings. The molecule has 0 unspecified atom stereocenters. The SMILES string of the molecule is N#CCC(=O)Nc1ccccc1NC(=O)CCCN1C(=O)c2ccccc2C1=O. The van der Waals surface area contributed by atoms with Gasteiger partial charge in [0.25, 0.3) is 11.8 Å². The lowest BCUT2D eigenvalue weighted by Gasteiger charge is -2.14. The van der Waals surface area contributed by atoms with E-state index in [9.17, 15) is 19.2 Å². The van der Waals surface area contributed by atoms with Crippen LogP contribution >= 0.6 is 0 Å². The standard InChI is InChI=1S/C21H18N4O4/c22-12-11-19(27)24-17-9-4-3-8-16(17)23-18(26)10-5-13-25-20(28)14-6-1-2-7-15(14)21(25)29/h1-4,6-9H,5,10-11,13H2,(H,23,26)(H,24,27). The largest absolute Gasteiger partial charge is 0.324 e. The van der Waals surface area contributed by atoms with Crippen molar-refractivity contribution in [1.29, 1.82) is 5.26 Å². The topological polar surface area (TPSA) is 119 Å². The number of carbonyl (C=O) groups excluding carboxylic acids is 4. The molecule has 0 spiro atoms. The molecule has 0 aliphatic carbocycles. The summed E-state index contributed by atoms with van der Waals surface area (Å²) in [5, 5.41) is 13.8. The van der Waals surface area contributed by atoms with Crippen molar-refractivity contribution in [2.24, 2.45) is 0 Å². The van der Waals surface area contributed by atoms with Gasteiger partial charge in [0, 0.05) is 13.0 Å². The van der Waals surface area contributed by atoms with Crippen LogP contribution < -0.4 is 10.6 Å². The summed E-state index contributed by atoms with van der Waals surface area (Å²) in [6, 6.07) is 15.0. The van der Waals surface area contributed by atoms with E-state index >= 15 is 0 Å². The lowest BCUT2D eigenvalue weighted by atomic mass is 10.1. The van der Waals surface area contributed by atoms with E-state index in [-0.39, 0.29) is 37.1 Å². The first-order chi connectivity index (χ1) is 14.0. The van der Waals surface area contributed by atoms with Crippen LogP contribution in [-0.2, 0) is 9.59 Å². The maximum atomic E-state index is 12.3. The number of rotatable bonds is 7. The number of nitrogens with one attached hydrogen (secondary N) is 2. The van der Waals surface area contributed by atoms with E-state index in [4.69, 9.17) is 5.26 Å². The molecule has 0 atom stereocenters. The highest BCUT2D eigenvalue weighted by Crippen LogP contribution is 2.23. The third-order valence-corrected chi connectivity index (χ3v) is 4.38. The molecule has 0 fully saturated rings. The van der Waals surface area contributed by atoms with Crippen molar-refractivity contribution in [1.82, 2.24) is 4.90 Å². The number of nitrogens with zero attached hydrogens (tertiary/aromatic N) is 2. The van der Waals surface area contributed by atoms with Crippen LogP contribution in [0.5, 0.6) is 0 Å². The number of para-hydroxylation sites is 2. The second-order valence-corrected chi connectivity index (χ2v) is 6.39. The van der Waals surface area contributed by atoms with Crippen molar-refractivity contribution in [3.05, 3.63) is 59.7 Å². The summed E-state index contributed by atoms with van der Waals surface area (Å²) >= 11 is 0. The van der Waals surface area contributed by atoms with E-state index in [0.29, 0.717) is 28.9 Å². The normalized spacial score (nSPS) is 12.3. The second kappa shape index (κ2) is 8.80. The summed E-state index contributed by atoms with van der Waals surface area (Å²) in [4.78, 5) is 49.7. The Balaban J connectivity index is 1.54. The van der Waals surface area contributed by atoms with Gasteiger partial charge in [-0.25, -0.2) is 0 Å². The zero-order chi connectivity index (χ0) is 20.8. The summed E-state index contributed by atoms with van der Waals surface area (Å²) in [5.41, 5.74) is 1.55. The first kappa shape index (κ1) is 19.8. The fraction of sp³-hybridized carbons (Fsp3) is 0.190. The number of nitriles is 1. The van der Waals surface area contributed by atoms with Crippen LogP contribution in [0.1, 0.15) is 40.0 Å². The maximum Gasteiger partial charge on any atom is 0.261 e. The average molecular weight is 390 g/mol. The Morgan fingerprint density at radius 1 is 0.862 bits per heavy atom. The van der Waals surface area contributed by atoms with Gasteiger partial charge < -0.3 is 10.6 Å². The maximum absolute atomic E-state index is 12.3. The molecule has 0 aromatic heterocycles. The highest BCUT2D eigenvalue weighted by molar-refractivity contribution is 6.21. The summed E-state index contributed by atoms with van der Waals surface area (Å²) in [5.74, 6) is -1.49. The number of carbonyl (C=O) groups is 4. The molecule has 0 saturated heterocycles. The summed E-state index contributed by atoms with van der Waals surface area (Å²) in [7, 11) is 0. The molecule has 2 N–H and O–H groups in total. The monoisotopic (exact) mass is 390 g/mol. The highest BCUT2D eigenvalue weighted by Gasteiger charge is 2.34. The summed E-state index contributed by atoms with van der Waals surface area (Å²) in [6.45, 7) is 0.139. The van der Waals surface area contributed by atoms with Crippen molar-refractivity contribution in [3.8, 4) is 6.07 Å². The zero-order valence-corrected chi connectivity index (χ0v) is 15.5. The number of hydrogen-bond acceptors (Lipinski definition) is 5. The van der Waals surface area contributed by atoms with Gasteiger partial charge in [-0.05, 0) is 30.7 Å². The number of imide groups is 1. The molecule has 4 amide bonds. The first-order valence-electron chi connectivity index (χ1n) is 9.02. The second-order valence-electron chi connectivity index (χ2n) is 6.39. The Hall–Kier alpha value is -3.99. The summed E-state index contributed by atoms with van der Waals surface area (Å²) in [6.07, 6.45) is 0.108. The Bertz CT molecular complexity index is 990. The van der Waals surface area contributed by atoms with Crippen LogP contribution in [0.25, 0.3) is 0 Å². The Morgan fingerprint density at radius 2 is 1.38 bits per heavy atom. The number of amides is 4. The molecular formula is C21H18N4O4. The van der Waals surface area contributed by atoms with Gasteiger partial charge in [-0.2, -0.15) is 5.26 Å². The number of hydrogen-bond donors (Lipinski definition) is 2. The van der Waals surface area contributed by atoms with E-state index in [0.717, 1.165) is 4.90 Å². The van der Waals surface area contributed by atoms with Gasteiger partial charge in [0.15, 0.2) is 0 Å². The smallest absolute Gasteiger partial charge is 0.261 e. The average Bonchev–Trinajstić information content (AvgIpc) is 2.95. The zero-order valence-electron chi connectivity index (χ0n) is 15.5. The Kier molecular flexibility index (Phi) is 6.00. The van der Waals surface area contributed by atoms with Gasteiger partial charge in [0.2, 0.25) is 11.8 Å². The van der Waals surface area contributed by atoms with Gasteiger partial charge in [-0.3, -0.25) is 24.1 Å². The molecule has 146 valence electrons. The molecule has 0 radical (unpaired) electrons. The fourth-order valence-corrected chi connectivity index (χ4v) is 3.02. The third-order valence-electron chi connectivity index (χ3n) is 4.38. The number of anilines is 2. The molecular weight excluding hydrogens is 372 g/mol. The molecule has 8 nitrogen and oxygen atoms in total. The van der Waals surface area contributed by atoms with Crippen LogP contribution in [0, 0.1) is 11.3 Å². The van der Waals surface area contributed by atoms with Gasteiger partial charge in [-0.15, -0.1) is 0 Å². The number of benzene rings is 2. The quantitative estimate of drug-likeness (QED) is 0.704. The fourth-order valence-electron chi connectivity index (χ4n) is 3.02. The van der Waals surface area contributed by atoms with Crippen molar-refractivity contribution in [3.63, 3.8) is 0 Å². The molecule has 1 heterocycles. The molecule has 0 saturated carbocycles. The molecule has 29 heavy (non-hydrogen) atoms. The molecule has 0 bridgehead atoms. The van der Waals surface area contributed by atoms with Gasteiger partial charge in [0.05, 0.1) is 28.6 Å². The Morgan fingerprint density at radius 3 is 1.93 bits per heavy atom. The predicted octanol–water partition coefficient (Wildman–Crippen LogP) is 2.55. The van der Waals surface area contributed by atoms with E-state index in [1.54, 1.807) is 54.6 Å². The van der Waals surface area contributed by atoms with Crippen LogP contribution in [0.2, 0.25) is 0 Å². The van der Waals surface area contributed by atoms with Crippen molar-refractivity contribution >= 4 is 35.0 Å². The number of fused-ring (bicyclic) bond motifs is 1. The van der Waals surface area contributed by atoms with Crippen LogP contribution in [0.3, 0.4) is 0 Å². The third kappa shape index (κ3) is 4.47. The van der Waals surface area contributed by atoms with E-state index < -0.39 is 5.91 Å². The molecule has 3 rings (SSSR count). The van der Waals surface area contributed by atoms with E-state index in [1.165, 1.54) is 0 Å². The van der Waals surface area contributed by atoms with Gasteiger partial charge in [0.1, 0.15) is 6.42 Å². The minimum Gasteiger partial charge on any atom is -0.324 e. The Labute approximate surface area is 167 Å². The van der Waals surface area contributed by atoms with Crippen molar-refractivity contribution in [2.75, 3.05) is 17.2 Å². The minimum atomic E-state index is -0.472. The highest BCUT2D eigenvalue weighted by atomic mass is 16.2. The molecule has 8 heteroatoms. The predicted molar refractivity (Wildman–Crippen MR) is 105 cm³/mol. The summed E-state index contributed by atoms with van der Waals surface area (Å²) < 4.78 is 0. The van der Waals surface area contributed by atoms with Gasteiger partial charge in [-0.1, -0.05) is 24.3 Å². The lowest BCUT2D eigenvalue weighted by molar-refractivity contribution is -0.116. The molecule has 2 aromatic rings. The minimum absolute atomic E-state index is 0.0912. The lowest BCUT2D eigenvalue weighted by Crippen LogP contribution is -2.31. The van der Waals surface area contributed by atoms with Crippen LogP contribution in [-0.4, -0.2) is 35.1 Å². The first-order valence-corrected chi connectivity index (χ1v) is 9.02. The van der Waals surface area contributed by atoms with Crippen LogP contribution in [0.4, 0.5) is 11.4 Å². The van der Waals surface area contributed by atoms with Crippen molar-refractivity contribution < 1.29 is 19.2 Å².